The molecule has 0 radical (unpaired) electrons. The number of hydrogen-bond donors (Lipinski definition) is 2. The molecule has 1 aromatic carbocycles. The lowest BCUT2D eigenvalue weighted by molar-refractivity contribution is -0.131. The van der Waals surface area contributed by atoms with Crippen molar-refractivity contribution in [2.75, 3.05) is 0 Å². The molecule has 4 saturated carbocycles. The fraction of sp³-hybridized carbons (Fsp3) is 0.435. The molecule has 0 aliphatic heterocycles. The predicted octanol–water partition coefficient (Wildman–Crippen LogP) is 4.41. The quantitative estimate of drug-likeness (QED) is 0.772. The van der Waals surface area contributed by atoms with Crippen molar-refractivity contribution < 1.29 is 15.0 Å². The van der Waals surface area contributed by atoms with Gasteiger partial charge in [-0.15, -0.1) is 0 Å². The van der Waals surface area contributed by atoms with Gasteiger partial charge in [0.15, 0.2) is 5.82 Å². The van der Waals surface area contributed by atoms with E-state index in [1.807, 2.05) is 6.07 Å². The molecular formula is C23H24N2O3. The highest BCUT2D eigenvalue weighted by Gasteiger charge is 2.52. The Hall–Kier alpha value is -2.69. The second kappa shape index (κ2) is 6.43. The summed E-state index contributed by atoms with van der Waals surface area (Å²) in [7, 11) is 0. The molecule has 4 bridgehead atoms. The molecule has 5 heteroatoms. The second-order valence-corrected chi connectivity index (χ2v) is 8.94. The fourth-order valence-electron chi connectivity index (χ4n) is 6.28. The lowest BCUT2D eigenvalue weighted by Crippen LogP contribution is -2.48. The number of phenols is 1. The number of rotatable bonds is 4. The molecule has 4 aliphatic carbocycles. The van der Waals surface area contributed by atoms with E-state index in [0.717, 1.165) is 35.0 Å². The SMILES string of the molecule is O=C(O)/C=C/c1cnc(-c2ccc(O)c(C34CC5CC(CC(C5)C3)C4)c2)nc1. The van der Waals surface area contributed by atoms with Gasteiger partial charge in [-0.3, -0.25) is 0 Å². The van der Waals surface area contributed by atoms with Gasteiger partial charge in [-0.1, -0.05) is 0 Å². The fourth-order valence-corrected chi connectivity index (χ4v) is 6.28. The number of aliphatic carboxylic acids is 1. The molecule has 0 atom stereocenters. The minimum absolute atomic E-state index is 0.110. The van der Waals surface area contributed by atoms with E-state index in [9.17, 15) is 9.90 Å². The van der Waals surface area contributed by atoms with Gasteiger partial charge in [-0.2, -0.15) is 0 Å². The van der Waals surface area contributed by atoms with E-state index >= 15 is 0 Å². The number of carboxylic acids is 1. The molecule has 6 rings (SSSR count). The summed E-state index contributed by atoms with van der Waals surface area (Å²) in [5.41, 5.74) is 2.73. The van der Waals surface area contributed by atoms with Gasteiger partial charge < -0.3 is 10.2 Å². The molecule has 5 nitrogen and oxygen atoms in total. The minimum atomic E-state index is -0.997. The van der Waals surface area contributed by atoms with Gasteiger partial charge in [-0.25, -0.2) is 14.8 Å². The van der Waals surface area contributed by atoms with Gasteiger partial charge in [0.25, 0.3) is 0 Å². The average molecular weight is 376 g/mol. The third kappa shape index (κ3) is 2.99. The number of benzene rings is 1. The minimum Gasteiger partial charge on any atom is -0.508 e. The second-order valence-electron chi connectivity index (χ2n) is 8.94. The van der Waals surface area contributed by atoms with Crippen LogP contribution >= 0.6 is 0 Å². The number of carbonyl (C=O) groups is 1. The van der Waals surface area contributed by atoms with Gasteiger partial charge in [0.05, 0.1) is 0 Å². The van der Waals surface area contributed by atoms with Crippen LogP contribution in [0.4, 0.5) is 0 Å². The van der Waals surface area contributed by atoms with E-state index in [0.29, 0.717) is 17.1 Å². The first kappa shape index (κ1) is 17.4. The van der Waals surface area contributed by atoms with E-state index in [1.54, 1.807) is 18.5 Å². The summed E-state index contributed by atoms with van der Waals surface area (Å²) in [6.45, 7) is 0. The van der Waals surface area contributed by atoms with Gasteiger partial charge in [0, 0.05) is 35.2 Å². The van der Waals surface area contributed by atoms with Crippen LogP contribution in [0.2, 0.25) is 0 Å². The number of aromatic nitrogens is 2. The van der Waals surface area contributed by atoms with Crippen LogP contribution in [0.25, 0.3) is 17.5 Å². The van der Waals surface area contributed by atoms with Crippen LogP contribution in [0.3, 0.4) is 0 Å². The van der Waals surface area contributed by atoms with E-state index in [-0.39, 0.29) is 5.41 Å². The summed E-state index contributed by atoms with van der Waals surface area (Å²) in [4.78, 5) is 19.5. The average Bonchev–Trinajstić information content (AvgIpc) is 2.66. The summed E-state index contributed by atoms with van der Waals surface area (Å²) in [5.74, 6) is 2.43. The highest BCUT2D eigenvalue weighted by molar-refractivity contribution is 5.85. The molecule has 1 aromatic heterocycles. The summed E-state index contributed by atoms with van der Waals surface area (Å²) < 4.78 is 0. The van der Waals surface area contributed by atoms with E-state index in [4.69, 9.17) is 5.11 Å². The van der Waals surface area contributed by atoms with E-state index < -0.39 is 5.97 Å². The van der Waals surface area contributed by atoms with Crippen molar-refractivity contribution in [2.45, 2.75) is 43.9 Å². The molecular weight excluding hydrogens is 352 g/mol. The van der Waals surface area contributed by atoms with Crippen LogP contribution in [-0.4, -0.2) is 26.2 Å². The number of nitrogens with zero attached hydrogens (tertiary/aromatic N) is 2. The van der Waals surface area contributed by atoms with Crippen LogP contribution in [0.15, 0.2) is 36.7 Å². The number of carboxylic acid groups (broad SMARTS) is 1. The molecule has 0 unspecified atom stereocenters. The maximum absolute atomic E-state index is 10.7. The molecule has 0 amide bonds. The van der Waals surface area contributed by atoms with Crippen molar-refractivity contribution in [3.8, 4) is 17.1 Å². The first-order valence-electron chi connectivity index (χ1n) is 10.1. The van der Waals surface area contributed by atoms with Crippen LogP contribution in [-0.2, 0) is 10.2 Å². The Kier molecular flexibility index (Phi) is 4.00. The van der Waals surface area contributed by atoms with E-state index in [1.165, 1.54) is 44.6 Å². The smallest absolute Gasteiger partial charge is 0.328 e. The molecule has 144 valence electrons. The van der Waals surface area contributed by atoms with Crippen LogP contribution < -0.4 is 0 Å². The van der Waals surface area contributed by atoms with Gasteiger partial charge in [-0.05, 0) is 86.0 Å². The zero-order valence-corrected chi connectivity index (χ0v) is 15.7. The van der Waals surface area contributed by atoms with Crippen molar-refractivity contribution in [1.29, 1.82) is 0 Å². The number of aromatic hydroxyl groups is 1. The van der Waals surface area contributed by atoms with Crippen LogP contribution in [0.5, 0.6) is 5.75 Å². The van der Waals surface area contributed by atoms with Crippen molar-refractivity contribution in [3.05, 3.63) is 47.8 Å². The van der Waals surface area contributed by atoms with Crippen LogP contribution in [0.1, 0.15) is 49.7 Å². The largest absolute Gasteiger partial charge is 0.508 e. The Morgan fingerprint density at radius 2 is 1.64 bits per heavy atom. The Bertz CT molecular complexity index is 914. The molecule has 2 aromatic rings. The molecule has 28 heavy (non-hydrogen) atoms. The summed E-state index contributed by atoms with van der Waals surface area (Å²) in [6.07, 6.45) is 13.5. The number of hydrogen-bond acceptors (Lipinski definition) is 4. The summed E-state index contributed by atoms with van der Waals surface area (Å²) in [6, 6.07) is 5.73. The molecule has 4 fully saturated rings. The molecule has 0 spiro atoms. The zero-order chi connectivity index (χ0) is 19.3. The Morgan fingerprint density at radius 1 is 1.04 bits per heavy atom. The Morgan fingerprint density at radius 3 is 2.21 bits per heavy atom. The third-order valence-electron chi connectivity index (χ3n) is 6.95. The predicted molar refractivity (Wildman–Crippen MR) is 106 cm³/mol. The molecule has 0 saturated heterocycles. The van der Waals surface area contributed by atoms with E-state index in [2.05, 4.69) is 16.0 Å². The highest BCUT2D eigenvalue weighted by Crippen LogP contribution is 2.62. The maximum Gasteiger partial charge on any atom is 0.328 e. The molecule has 1 heterocycles. The third-order valence-corrected chi connectivity index (χ3v) is 6.95. The topological polar surface area (TPSA) is 83.3 Å². The van der Waals surface area contributed by atoms with Crippen molar-refractivity contribution in [2.24, 2.45) is 17.8 Å². The monoisotopic (exact) mass is 376 g/mol. The molecule has 4 aliphatic rings. The van der Waals surface area contributed by atoms with Crippen molar-refractivity contribution in [3.63, 3.8) is 0 Å². The summed E-state index contributed by atoms with van der Waals surface area (Å²) >= 11 is 0. The number of phenolic OH excluding ortho intramolecular Hbond substituents is 1. The van der Waals surface area contributed by atoms with Gasteiger partial charge in [0.1, 0.15) is 5.75 Å². The normalized spacial score (nSPS) is 30.8. The van der Waals surface area contributed by atoms with Crippen molar-refractivity contribution in [1.82, 2.24) is 9.97 Å². The van der Waals surface area contributed by atoms with Gasteiger partial charge >= 0.3 is 5.97 Å². The Balaban J connectivity index is 1.48. The molecule has 2 N–H and O–H groups in total. The standard InChI is InChI=1S/C23H24N2O3/c26-20-3-2-18(22-24-12-14(13-25-22)1-4-21(27)28)8-19(20)23-9-15-5-16(10-23)7-17(6-15)11-23/h1-4,8,12-13,15-17,26H,5-7,9-11H2,(H,27,28)/b4-1+. The zero-order valence-electron chi connectivity index (χ0n) is 15.7. The Labute approximate surface area is 164 Å². The van der Waals surface area contributed by atoms with Crippen molar-refractivity contribution >= 4 is 12.0 Å². The lowest BCUT2D eigenvalue weighted by atomic mass is 9.48. The highest BCUT2D eigenvalue weighted by atomic mass is 16.4. The van der Waals surface area contributed by atoms with Gasteiger partial charge in [0.2, 0.25) is 0 Å². The summed E-state index contributed by atoms with van der Waals surface area (Å²) in [5, 5.41) is 19.4. The first-order valence-corrected chi connectivity index (χ1v) is 10.1. The first-order chi connectivity index (χ1) is 13.5. The maximum atomic E-state index is 10.7. The lowest BCUT2D eigenvalue weighted by Gasteiger charge is -2.57. The van der Waals surface area contributed by atoms with Crippen LogP contribution in [0, 0.1) is 17.8 Å².